The van der Waals surface area contributed by atoms with Crippen molar-refractivity contribution in [3.8, 4) is 11.5 Å². The Morgan fingerprint density at radius 3 is 2.75 bits per heavy atom. The van der Waals surface area contributed by atoms with Gasteiger partial charge in [-0.15, -0.1) is 0 Å². The highest BCUT2D eigenvalue weighted by atomic mass is 32.2. The van der Waals surface area contributed by atoms with E-state index in [9.17, 15) is 8.42 Å². The summed E-state index contributed by atoms with van der Waals surface area (Å²) >= 11 is 0. The zero-order chi connectivity index (χ0) is 14.6. The molecule has 0 aliphatic carbocycles. The molecule has 0 bridgehead atoms. The maximum atomic E-state index is 11.2. The molecule has 1 aromatic carbocycles. The Morgan fingerprint density at radius 2 is 2.05 bits per heavy atom. The van der Waals surface area contributed by atoms with Crippen LogP contribution in [-0.4, -0.2) is 38.4 Å². The third-order valence-electron chi connectivity index (χ3n) is 2.75. The predicted molar refractivity (Wildman–Crippen MR) is 75.9 cm³/mol. The molecule has 7 heteroatoms. The third-order valence-corrected chi connectivity index (χ3v) is 3.53. The van der Waals surface area contributed by atoms with Gasteiger partial charge < -0.3 is 9.84 Å². The first-order valence-electron chi connectivity index (χ1n) is 6.23. The number of sulfone groups is 1. The van der Waals surface area contributed by atoms with Gasteiger partial charge in [-0.2, -0.15) is 4.98 Å². The Hall–Kier alpha value is -1.73. The third kappa shape index (κ3) is 3.88. The second kappa shape index (κ2) is 6.15. The molecule has 0 aliphatic rings. The number of hydrogen-bond acceptors (Lipinski definition) is 6. The number of rotatable bonds is 6. The van der Waals surface area contributed by atoms with Crippen LogP contribution >= 0.6 is 0 Å². The van der Waals surface area contributed by atoms with Gasteiger partial charge in [0, 0.05) is 11.8 Å². The molecule has 6 nitrogen and oxygen atoms in total. The fourth-order valence-electron chi connectivity index (χ4n) is 1.86. The van der Waals surface area contributed by atoms with E-state index in [0.29, 0.717) is 5.89 Å². The average Bonchev–Trinajstić information content (AvgIpc) is 2.82. The summed E-state index contributed by atoms with van der Waals surface area (Å²) in [4.78, 5) is 4.16. The average molecular weight is 295 g/mol. The second-order valence-corrected chi connectivity index (χ2v) is 6.74. The lowest BCUT2D eigenvalue weighted by atomic mass is 10.0. The van der Waals surface area contributed by atoms with E-state index >= 15 is 0 Å². The normalized spacial score (nSPS) is 11.7. The van der Waals surface area contributed by atoms with E-state index in [1.807, 2.05) is 31.3 Å². The molecule has 108 valence electrons. The predicted octanol–water partition coefficient (Wildman–Crippen LogP) is 1.04. The quantitative estimate of drug-likeness (QED) is 0.857. The number of benzene rings is 1. The molecule has 0 spiro atoms. The van der Waals surface area contributed by atoms with Crippen molar-refractivity contribution < 1.29 is 12.9 Å². The van der Waals surface area contributed by atoms with Crippen LogP contribution in [0.3, 0.4) is 0 Å². The lowest BCUT2D eigenvalue weighted by Crippen LogP contribution is -2.10. The van der Waals surface area contributed by atoms with Crippen molar-refractivity contribution in [2.24, 2.45) is 0 Å². The SMILES string of the molecule is CNCCc1ccccc1-c1nc(CS(C)(=O)=O)no1. The molecule has 0 saturated carbocycles. The van der Waals surface area contributed by atoms with E-state index in [2.05, 4.69) is 15.5 Å². The van der Waals surface area contributed by atoms with Gasteiger partial charge in [-0.05, 0) is 31.6 Å². The Labute approximate surface area is 118 Å². The maximum Gasteiger partial charge on any atom is 0.258 e. The van der Waals surface area contributed by atoms with E-state index in [-0.39, 0.29) is 11.6 Å². The zero-order valence-electron chi connectivity index (χ0n) is 11.5. The summed E-state index contributed by atoms with van der Waals surface area (Å²) in [5, 5.41) is 6.80. The standard InChI is InChI=1S/C13H17N3O3S/c1-14-8-7-10-5-3-4-6-11(10)13-15-12(16-19-13)9-20(2,17)18/h3-6,14H,7-9H2,1-2H3. The van der Waals surface area contributed by atoms with Gasteiger partial charge in [0.05, 0.1) is 0 Å². The van der Waals surface area contributed by atoms with Crippen LogP contribution < -0.4 is 5.32 Å². The van der Waals surface area contributed by atoms with Gasteiger partial charge in [-0.3, -0.25) is 0 Å². The van der Waals surface area contributed by atoms with Crippen LogP contribution in [0.2, 0.25) is 0 Å². The van der Waals surface area contributed by atoms with Gasteiger partial charge >= 0.3 is 0 Å². The highest BCUT2D eigenvalue weighted by Gasteiger charge is 2.15. The highest BCUT2D eigenvalue weighted by Crippen LogP contribution is 2.22. The van der Waals surface area contributed by atoms with Crippen LogP contribution in [0.25, 0.3) is 11.5 Å². The van der Waals surface area contributed by atoms with Gasteiger partial charge in [0.1, 0.15) is 5.75 Å². The molecule has 0 aliphatic heterocycles. The highest BCUT2D eigenvalue weighted by molar-refractivity contribution is 7.89. The van der Waals surface area contributed by atoms with E-state index in [1.54, 1.807) is 0 Å². The Bertz CT molecular complexity index is 680. The van der Waals surface area contributed by atoms with Crippen LogP contribution in [-0.2, 0) is 22.0 Å². The molecule has 2 rings (SSSR count). The summed E-state index contributed by atoms with van der Waals surface area (Å²) in [7, 11) is -1.28. The van der Waals surface area contributed by atoms with Gasteiger partial charge in [-0.25, -0.2) is 8.42 Å². The van der Waals surface area contributed by atoms with Crippen LogP contribution in [0.4, 0.5) is 0 Å². The summed E-state index contributed by atoms with van der Waals surface area (Å²) in [6, 6.07) is 7.72. The van der Waals surface area contributed by atoms with E-state index in [4.69, 9.17) is 4.52 Å². The Balaban J connectivity index is 2.28. The number of nitrogens with zero attached hydrogens (tertiary/aromatic N) is 2. The van der Waals surface area contributed by atoms with Gasteiger partial charge in [-0.1, -0.05) is 23.4 Å². The zero-order valence-corrected chi connectivity index (χ0v) is 12.3. The first-order chi connectivity index (χ1) is 9.49. The minimum atomic E-state index is -3.17. The molecule has 20 heavy (non-hydrogen) atoms. The first-order valence-corrected chi connectivity index (χ1v) is 8.29. The first kappa shape index (κ1) is 14.7. The van der Waals surface area contributed by atoms with Crippen molar-refractivity contribution in [3.05, 3.63) is 35.7 Å². The number of aromatic nitrogens is 2. The lowest BCUT2D eigenvalue weighted by molar-refractivity contribution is 0.424. The molecule has 0 fully saturated rings. The molecule has 0 amide bonds. The number of nitrogens with one attached hydrogen (secondary N) is 1. The number of hydrogen-bond donors (Lipinski definition) is 1. The molecule has 0 saturated heterocycles. The van der Waals surface area contributed by atoms with Crippen molar-refractivity contribution in [2.45, 2.75) is 12.2 Å². The molecule has 1 heterocycles. The lowest BCUT2D eigenvalue weighted by Gasteiger charge is -2.05. The summed E-state index contributed by atoms with van der Waals surface area (Å²) in [5.41, 5.74) is 1.92. The van der Waals surface area contributed by atoms with Crippen molar-refractivity contribution in [3.63, 3.8) is 0 Å². The smallest absolute Gasteiger partial charge is 0.258 e. The molecule has 1 N–H and O–H groups in total. The van der Waals surface area contributed by atoms with Crippen LogP contribution in [0, 0.1) is 0 Å². The van der Waals surface area contributed by atoms with Crippen molar-refractivity contribution in [1.82, 2.24) is 15.5 Å². The molecular weight excluding hydrogens is 278 g/mol. The fourth-order valence-corrected chi connectivity index (χ4v) is 2.45. The topological polar surface area (TPSA) is 85.1 Å². The van der Waals surface area contributed by atoms with Crippen LogP contribution in [0.15, 0.2) is 28.8 Å². The Kier molecular flexibility index (Phi) is 4.51. The second-order valence-electron chi connectivity index (χ2n) is 4.60. The Morgan fingerprint density at radius 1 is 1.30 bits per heavy atom. The molecule has 2 aromatic rings. The molecule has 0 atom stereocenters. The monoisotopic (exact) mass is 295 g/mol. The summed E-state index contributed by atoms with van der Waals surface area (Å²) in [6.07, 6.45) is 1.97. The minimum absolute atomic E-state index is 0.186. The van der Waals surface area contributed by atoms with E-state index in [1.165, 1.54) is 0 Å². The van der Waals surface area contributed by atoms with Gasteiger partial charge in [0.2, 0.25) is 0 Å². The van der Waals surface area contributed by atoms with Crippen molar-refractivity contribution in [1.29, 1.82) is 0 Å². The largest absolute Gasteiger partial charge is 0.334 e. The molecule has 1 aromatic heterocycles. The number of likely N-dealkylation sites (N-methyl/N-ethyl adjacent to an activating group) is 1. The fraction of sp³-hybridized carbons (Fsp3) is 0.385. The maximum absolute atomic E-state index is 11.2. The van der Waals surface area contributed by atoms with Gasteiger partial charge in [0.15, 0.2) is 15.7 Å². The summed E-state index contributed by atoms with van der Waals surface area (Å²) in [6.45, 7) is 0.835. The van der Waals surface area contributed by atoms with Crippen molar-refractivity contribution in [2.75, 3.05) is 19.8 Å². The molecular formula is C13H17N3O3S. The van der Waals surface area contributed by atoms with E-state index in [0.717, 1.165) is 30.3 Å². The summed E-state index contributed by atoms with van der Waals surface area (Å²) in [5.74, 6) is 0.330. The molecule has 0 unspecified atom stereocenters. The van der Waals surface area contributed by atoms with Gasteiger partial charge in [0.25, 0.3) is 5.89 Å². The van der Waals surface area contributed by atoms with Crippen LogP contribution in [0.1, 0.15) is 11.4 Å². The van der Waals surface area contributed by atoms with Crippen molar-refractivity contribution >= 4 is 9.84 Å². The minimum Gasteiger partial charge on any atom is -0.334 e. The van der Waals surface area contributed by atoms with Crippen LogP contribution in [0.5, 0.6) is 0 Å². The summed E-state index contributed by atoms with van der Waals surface area (Å²) < 4.78 is 27.6. The molecule has 0 radical (unpaired) electrons. The van der Waals surface area contributed by atoms with E-state index < -0.39 is 9.84 Å².